The number of hydrogen-bond acceptors (Lipinski definition) is 4. The third-order valence-corrected chi connectivity index (χ3v) is 3.43. The lowest BCUT2D eigenvalue weighted by Crippen LogP contribution is -2.48. The van der Waals surface area contributed by atoms with E-state index < -0.39 is 0 Å². The fraction of sp³-hybridized carbons (Fsp3) is 1.00. The molecule has 0 saturated carbocycles. The molecule has 19 heavy (non-hydrogen) atoms. The smallest absolute Gasteiger partial charge is 0.0615 e. The molecule has 0 fully saturated rings. The van der Waals surface area contributed by atoms with E-state index in [9.17, 15) is 0 Å². The Kier molecular flexibility index (Phi) is 11.6. The van der Waals surface area contributed by atoms with Crippen LogP contribution < -0.4 is 5.32 Å². The van der Waals surface area contributed by atoms with Gasteiger partial charge in [-0.2, -0.15) is 0 Å². The standard InChI is InChI=1S/C15H34N2O2/c1-13(2)7-8-16-11-14(3)17(9-10-18-5)15(4)12-19-6/h13-16H,7-12H2,1-6H3. The number of ether oxygens (including phenoxy) is 2. The Labute approximate surface area is 119 Å². The Bertz CT molecular complexity index is 201. The molecule has 0 spiro atoms. The Morgan fingerprint density at radius 1 is 1.00 bits per heavy atom. The summed E-state index contributed by atoms with van der Waals surface area (Å²) in [7, 11) is 3.52. The van der Waals surface area contributed by atoms with E-state index in [-0.39, 0.29) is 0 Å². The molecule has 0 amide bonds. The lowest BCUT2D eigenvalue weighted by Gasteiger charge is -2.34. The van der Waals surface area contributed by atoms with Crippen molar-refractivity contribution >= 4 is 0 Å². The first-order valence-corrected chi connectivity index (χ1v) is 7.47. The second-order valence-electron chi connectivity index (χ2n) is 5.77. The molecule has 0 aliphatic heterocycles. The molecule has 2 unspecified atom stereocenters. The van der Waals surface area contributed by atoms with Gasteiger partial charge in [0.2, 0.25) is 0 Å². The van der Waals surface area contributed by atoms with Gasteiger partial charge in [0.15, 0.2) is 0 Å². The minimum Gasteiger partial charge on any atom is -0.383 e. The third-order valence-electron chi connectivity index (χ3n) is 3.43. The van der Waals surface area contributed by atoms with Gasteiger partial charge in [0.05, 0.1) is 13.2 Å². The van der Waals surface area contributed by atoms with Gasteiger partial charge in [0, 0.05) is 39.4 Å². The molecular formula is C15H34N2O2. The van der Waals surface area contributed by atoms with Crippen molar-refractivity contribution in [3.8, 4) is 0 Å². The van der Waals surface area contributed by atoms with Crippen LogP contribution in [0.3, 0.4) is 0 Å². The zero-order chi connectivity index (χ0) is 14.7. The van der Waals surface area contributed by atoms with Crippen LogP contribution >= 0.6 is 0 Å². The fourth-order valence-electron chi connectivity index (χ4n) is 2.23. The maximum atomic E-state index is 5.27. The highest BCUT2D eigenvalue weighted by molar-refractivity contribution is 4.75. The van der Waals surface area contributed by atoms with Gasteiger partial charge in [0.1, 0.15) is 0 Å². The number of hydrogen-bond donors (Lipinski definition) is 1. The highest BCUT2D eigenvalue weighted by Gasteiger charge is 2.19. The second kappa shape index (κ2) is 11.6. The maximum absolute atomic E-state index is 5.27. The Morgan fingerprint density at radius 2 is 1.68 bits per heavy atom. The Balaban J connectivity index is 4.09. The highest BCUT2D eigenvalue weighted by atomic mass is 16.5. The number of methoxy groups -OCH3 is 2. The van der Waals surface area contributed by atoms with Crippen molar-refractivity contribution in [1.82, 2.24) is 10.2 Å². The molecule has 2 atom stereocenters. The Morgan fingerprint density at radius 3 is 2.21 bits per heavy atom. The van der Waals surface area contributed by atoms with Gasteiger partial charge in [-0.05, 0) is 32.7 Å². The number of nitrogens with zero attached hydrogens (tertiary/aromatic N) is 1. The van der Waals surface area contributed by atoms with Crippen LogP contribution in [-0.4, -0.2) is 64.1 Å². The zero-order valence-electron chi connectivity index (χ0n) is 13.7. The predicted octanol–water partition coefficient (Wildman–Crippen LogP) is 1.99. The summed E-state index contributed by atoms with van der Waals surface area (Å²) >= 11 is 0. The van der Waals surface area contributed by atoms with Gasteiger partial charge in [-0.3, -0.25) is 4.90 Å². The molecule has 0 heterocycles. The van der Waals surface area contributed by atoms with E-state index in [1.807, 2.05) is 0 Å². The molecule has 0 bridgehead atoms. The minimum absolute atomic E-state index is 0.419. The quantitative estimate of drug-likeness (QED) is 0.552. The molecule has 4 heteroatoms. The average Bonchev–Trinajstić information content (AvgIpc) is 2.35. The molecule has 0 aromatic heterocycles. The van der Waals surface area contributed by atoms with Crippen molar-refractivity contribution in [2.45, 2.75) is 46.2 Å². The first-order chi connectivity index (χ1) is 9.02. The summed E-state index contributed by atoms with van der Waals surface area (Å²) in [6, 6.07) is 0.912. The maximum Gasteiger partial charge on any atom is 0.0615 e. The van der Waals surface area contributed by atoms with Crippen molar-refractivity contribution in [2.75, 3.05) is 47.1 Å². The van der Waals surface area contributed by atoms with Crippen LogP contribution in [0.2, 0.25) is 0 Å². The summed E-state index contributed by atoms with van der Waals surface area (Å²) in [5.74, 6) is 0.764. The largest absolute Gasteiger partial charge is 0.383 e. The summed E-state index contributed by atoms with van der Waals surface area (Å²) in [5.41, 5.74) is 0. The van der Waals surface area contributed by atoms with E-state index in [1.165, 1.54) is 6.42 Å². The van der Waals surface area contributed by atoms with E-state index in [4.69, 9.17) is 9.47 Å². The molecule has 0 aliphatic rings. The monoisotopic (exact) mass is 274 g/mol. The van der Waals surface area contributed by atoms with E-state index in [2.05, 4.69) is 37.9 Å². The molecular weight excluding hydrogens is 240 g/mol. The lowest BCUT2D eigenvalue weighted by atomic mass is 10.1. The molecule has 4 nitrogen and oxygen atoms in total. The molecule has 0 aromatic rings. The summed E-state index contributed by atoms with van der Waals surface area (Å²) < 4.78 is 10.5. The summed E-state index contributed by atoms with van der Waals surface area (Å²) in [6.45, 7) is 13.6. The molecule has 1 N–H and O–H groups in total. The predicted molar refractivity (Wildman–Crippen MR) is 81.7 cm³/mol. The SMILES string of the molecule is COCCN(C(C)CNCCC(C)C)C(C)COC. The van der Waals surface area contributed by atoms with Gasteiger partial charge in [0.25, 0.3) is 0 Å². The van der Waals surface area contributed by atoms with Crippen molar-refractivity contribution in [2.24, 2.45) is 5.92 Å². The topological polar surface area (TPSA) is 33.7 Å². The first-order valence-electron chi connectivity index (χ1n) is 7.47. The van der Waals surface area contributed by atoms with Crippen LogP contribution in [-0.2, 0) is 9.47 Å². The molecule has 0 aromatic carbocycles. The summed E-state index contributed by atoms with van der Waals surface area (Å²) in [5, 5.41) is 3.55. The van der Waals surface area contributed by atoms with Gasteiger partial charge < -0.3 is 14.8 Å². The van der Waals surface area contributed by atoms with E-state index in [0.717, 1.165) is 38.8 Å². The summed E-state index contributed by atoms with van der Waals surface area (Å²) in [4.78, 5) is 2.45. The second-order valence-corrected chi connectivity index (χ2v) is 5.77. The van der Waals surface area contributed by atoms with Crippen LogP contribution in [0.15, 0.2) is 0 Å². The molecule has 0 saturated heterocycles. The van der Waals surface area contributed by atoms with Crippen molar-refractivity contribution < 1.29 is 9.47 Å². The highest BCUT2D eigenvalue weighted by Crippen LogP contribution is 2.06. The van der Waals surface area contributed by atoms with Gasteiger partial charge in [-0.1, -0.05) is 13.8 Å². The Hall–Kier alpha value is -0.160. The molecule has 0 aliphatic carbocycles. The van der Waals surface area contributed by atoms with Gasteiger partial charge in [-0.15, -0.1) is 0 Å². The van der Waals surface area contributed by atoms with Crippen LogP contribution in [0, 0.1) is 5.92 Å². The number of rotatable bonds is 12. The summed E-state index contributed by atoms with van der Waals surface area (Å²) in [6.07, 6.45) is 1.23. The van der Waals surface area contributed by atoms with Gasteiger partial charge >= 0.3 is 0 Å². The van der Waals surface area contributed by atoms with Crippen molar-refractivity contribution in [1.29, 1.82) is 0 Å². The van der Waals surface area contributed by atoms with Gasteiger partial charge in [-0.25, -0.2) is 0 Å². The van der Waals surface area contributed by atoms with Crippen LogP contribution in [0.25, 0.3) is 0 Å². The molecule has 0 radical (unpaired) electrons. The lowest BCUT2D eigenvalue weighted by molar-refractivity contribution is 0.0517. The minimum atomic E-state index is 0.419. The van der Waals surface area contributed by atoms with Crippen LogP contribution in [0.1, 0.15) is 34.1 Å². The van der Waals surface area contributed by atoms with Crippen molar-refractivity contribution in [3.63, 3.8) is 0 Å². The molecule has 0 rings (SSSR count). The fourth-order valence-corrected chi connectivity index (χ4v) is 2.23. The van der Waals surface area contributed by atoms with E-state index >= 15 is 0 Å². The van der Waals surface area contributed by atoms with Crippen LogP contribution in [0.5, 0.6) is 0 Å². The number of nitrogens with one attached hydrogen (secondary N) is 1. The normalized spacial score (nSPS) is 15.2. The zero-order valence-corrected chi connectivity index (χ0v) is 13.7. The third kappa shape index (κ3) is 9.38. The van der Waals surface area contributed by atoms with E-state index in [1.54, 1.807) is 14.2 Å². The average molecular weight is 274 g/mol. The van der Waals surface area contributed by atoms with E-state index in [0.29, 0.717) is 12.1 Å². The van der Waals surface area contributed by atoms with Crippen LogP contribution in [0.4, 0.5) is 0 Å². The molecule has 116 valence electrons. The van der Waals surface area contributed by atoms with Crippen molar-refractivity contribution in [3.05, 3.63) is 0 Å². The first kappa shape index (κ1) is 18.8.